The minimum Gasteiger partial charge on any atom is -0.342 e. The van der Waals surface area contributed by atoms with E-state index in [2.05, 4.69) is 82.7 Å². The lowest BCUT2D eigenvalue weighted by molar-refractivity contribution is -0.158. The number of carbonyl (C=O) groups is 2. The minimum absolute atomic E-state index is 0.0826. The third-order valence-corrected chi connectivity index (χ3v) is 13.4. The molecule has 4 aliphatic rings. The van der Waals surface area contributed by atoms with Gasteiger partial charge in [-0.1, -0.05) is 98.6 Å². The molecule has 1 aliphatic heterocycles. The van der Waals surface area contributed by atoms with Crippen LogP contribution in [0.25, 0.3) is 0 Å². The van der Waals surface area contributed by atoms with Crippen molar-refractivity contribution in [2.24, 2.45) is 28.6 Å². The molecule has 4 heteroatoms. The highest BCUT2D eigenvalue weighted by atomic mass is 16.2. The van der Waals surface area contributed by atoms with E-state index in [0.29, 0.717) is 36.2 Å². The largest absolute Gasteiger partial charge is 0.342 e. The highest BCUT2D eigenvalue weighted by Crippen LogP contribution is 2.65. The Morgan fingerprint density at radius 2 is 1.48 bits per heavy atom. The molecule has 246 valence electrons. The first-order valence-corrected chi connectivity index (χ1v) is 18.6. The van der Waals surface area contributed by atoms with Crippen LogP contribution in [0.3, 0.4) is 0 Å². The summed E-state index contributed by atoms with van der Waals surface area (Å²) in [4.78, 5) is 31.5. The Labute approximate surface area is 270 Å². The topological polar surface area (TPSA) is 40.6 Å². The second-order valence-electron chi connectivity index (χ2n) is 16.9. The quantitative estimate of drug-likeness (QED) is 0.236. The summed E-state index contributed by atoms with van der Waals surface area (Å²) in [7, 11) is 2.06. The molecule has 44 heavy (non-hydrogen) atoms. The molecule has 0 radical (unpaired) electrons. The lowest BCUT2D eigenvalue weighted by Crippen LogP contribution is -2.62. The van der Waals surface area contributed by atoms with Gasteiger partial charge in [0.1, 0.15) is 0 Å². The fourth-order valence-corrected chi connectivity index (χ4v) is 10.7. The average molecular weight is 605 g/mol. The summed E-state index contributed by atoms with van der Waals surface area (Å²) in [5.41, 5.74) is 2.66. The molecule has 1 saturated heterocycles. The number of rotatable bonds is 11. The Morgan fingerprint density at radius 1 is 0.841 bits per heavy atom. The SMILES string of the molecule is CCCCCCCCCCN(C(=O)c1ccc(C(C)(C)C)cc1)[C@H]1CC[C@H]2[C@@H]3CC[C@H]4N(C)C(=O)CC[C@]4(C)[C@H]3CC[C@]12C. The number of nitrogens with zero attached hydrogens (tertiary/aromatic N) is 2. The van der Waals surface area contributed by atoms with E-state index in [9.17, 15) is 9.59 Å². The van der Waals surface area contributed by atoms with E-state index in [0.717, 1.165) is 43.7 Å². The van der Waals surface area contributed by atoms with Crippen molar-refractivity contribution in [3.8, 4) is 0 Å². The summed E-state index contributed by atoms with van der Waals surface area (Å²) >= 11 is 0. The molecule has 1 aromatic rings. The number of amides is 2. The Hall–Kier alpha value is -1.84. The molecule has 2 amide bonds. The molecule has 5 rings (SSSR count). The fraction of sp³-hybridized carbons (Fsp3) is 0.800. The molecular weight excluding hydrogens is 540 g/mol. The first-order chi connectivity index (χ1) is 20.9. The van der Waals surface area contributed by atoms with Gasteiger partial charge in [0, 0.05) is 37.7 Å². The molecule has 3 saturated carbocycles. The predicted octanol–water partition coefficient (Wildman–Crippen LogP) is 9.80. The number of likely N-dealkylation sites (tertiary alicyclic amines) is 1. The number of piperidine rings is 1. The first-order valence-electron chi connectivity index (χ1n) is 18.6. The van der Waals surface area contributed by atoms with Crippen LogP contribution in [0.2, 0.25) is 0 Å². The molecule has 0 unspecified atom stereocenters. The second kappa shape index (κ2) is 13.5. The van der Waals surface area contributed by atoms with Crippen molar-refractivity contribution >= 4 is 11.8 Å². The molecule has 1 aromatic carbocycles. The number of hydrogen-bond acceptors (Lipinski definition) is 2. The van der Waals surface area contributed by atoms with E-state index in [4.69, 9.17) is 0 Å². The van der Waals surface area contributed by atoms with Crippen LogP contribution >= 0.6 is 0 Å². The van der Waals surface area contributed by atoms with Gasteiger partial charge in [-0.15, -0.1) is 0 Å². The molecule has 1 heterocycles. The van der Waals surface area contributed by atoms with Crippen molar-refractivity contribution in [2.75, 3.05) is 13.6 Å². The fourth-order valence-electron chi connectivity index (χ4n) is 10.7. The zero-order valence-electron chi connectivity index (χ0n) is 29.4. The highest BCUT2D eigenvalue weighted by Gasteiger charge is 2.62. The van der Waals surface area contributed by atoms with Gasteiger partial charge in [-0.25, -0.2) is 0 Å². The Bertz CT molecular complexity index is 1140. The summed E-state index contributed by atoms with van der Waals surface area (Å²) in [6.07, 6.45) is 19.4. The van der Waals surface area contributed by atoms with Gasteiger partial charge >= 0.3 is 0 Å². The Morgan fingerprint density at radius 3 is 2.14 bits per heavy atom. The summed E-state index contributed by atoms with van der Waals surface area (Å²) in [6.45, 7) is 15.0. The first kappa shape index (κ1) is 33.5. The second-order valence-corrected chi connectivity index (χ2v) is 16.9. The maximum Gasteiger partial charge on any atom is 0.254 e. The van der Waals surface area contributed by atoms with Crippen molar-refractivity contribution in [3.05, 3.63) is 35.4 Å². The number of unbranched alkanes of at least 4 members (excludes halogenated alkanes) is 7. The molecule has 0 bridgehead atoms. The number of carbonyl (C=O) groups excluding carboxylic acids is 2. The van der Waals surface area contributed by atoms with Crippen molar-refractivity contribution in [1.29, 1.82) is 0 Å². The van der Waals surface area contributed by atoms with Gasteiger partial charge in [0.15, 0.2) is 0 Å². The summed E-state index contributed by atoms with van der Waals surface area (Å²) in [6, 6.07) is 9.28. The predicted molar refractivity (Wildman–Crippen MR) is 183 cm³/mol. The van der Waals surface area contributed by atoms with Crippen LogP contribution in [0.15, 0.2) is 24.3 Å². The van der Waals surface area contributed by atoms with Gasteiger partial charge in [-0.2, -0.15) is 0 Å². The summed E-state index contributed by atoms with van der Waals surface area (Å²) < 4.78 is 0. The molecule has 4 fully saturated rings. The molecule has 0 aromatic heterocycles. The zero-order valence-corrected chi connectivity index (χ0v) is 29.4. The molecule has 4 nitrogen and oxygen atoms in total. The maximum absolute atomic E-state index is 14.4. The average Bonchev–Trinajstić information content (AvgIpc) is 3.35. The Balaban J connectivity index is 1.33. The van der Waals surface area contributed by atoms with E-state index >= 15 is 0 Å². The van der Waals surface area contributed by atoms with Crippen LogP contribution in [0.1, 0.15) is 160 Å². The monoisotopic (exact) mass is 604 g/mol. The van der Waals surface area contributed by atoms with E-state index < -0.39 is 0 Å². The van der Waals surface area contributed by atoms with Crippen molar-refractivity contribution in [3.63, 3.8) is 0 Å². The molecule has 7 atom stereocenters. The number of benzene rings is 1. The summed E-state index contributed by atoms with van der Waals surface area (Å²) in [5.74, 6) is 2.72. The molecule has 3 aliphatic carbocycles. The van der Waals surface area contributed by atoms with Gasteiger partial charge < -0.3 is 9.80 Å². The third kappa shape index (κ3) is 6.39. The lowest BCUT2D eigenvalue weighted by Gasteiger charge is -2.62. The molecular formula is C40H64N2O2. The number of hydrogen-bond donors (Lipinski definition) is 0. The lowest BCUT2D eigenvalue weighted by atomic mass is 9.47. The third-order valence-electron chi connectivity index (χ3n) is 13.4. The molecule has 0 spiro atoms. The van der Waals surface area contributed by atoms with E-state index in [1.807, 2.05) is 0 Å². The van der Waals surface area contributed by atoms with Gasteiger partial charge in [0.2, 0.25) is 5.91 Å². The van der Waals surface area contributed by atoms with Crippen molar-refractivity contribution in [1.82, 2.24) is 9.80 Å². The van der Waals surface area contributed by atoms with E-state index in [1.54, 1.807) is 0 Å². The minimum atomic E-state index is 0.0826. The van der Waals surface area contributed by atoms with Gasteiger partial charge in [0.05, 0.1) is 0 Å². The van der Waals surface area contributed by atoms with E-state index in [-0.39, 0.29) is 22.2 Å². The number of fused-ring (bicyclic) bond motifs is 5. The maximum atomic E-state index is 14.4. The standard InChI is InChI=1S/C40H64N2O2/c1-8-9-10-11-12-13-14-15-28-42(37(44)29-16-18-30(19-17-29)38(2,3)4)35-23-21-32-31-20-22-34-39(5,27-25-36(43)41(34)7)33(31)24-26-40(32,35)6/h16-19,31-35H,8-15,20-28H2,1-7H3/t31-,32-,33-,34+,35-,39+,40-/m0/s1. The van der Waals surface area contributed by atoms with E-state index in [1.165, 1.54) is 76.2 Å². The normalized spacial score (nSPS) is 33.5. The van der Waals surface area contributed by atoms with Crippen LogP contribution in [0.4, 0.5) is 0 Å². The van der Waals surface area contributed by atoms with Crippen LogP contribution in [0, 0.1) is 28.6 Å². The van der Waals surface area contributed by atoms with Gasteiger partial charge in [-0.05, 0) is 103 Å². The van der Waals surface area contributed by atoms with Crippen LogP contribution in [-0.4, -0.2) is 47.3 Å². The Kier molecular flexibility index (Phi) is 10.3. The van der Waals surface area contributed by atoms with Crippen molar-refractivity contribution in [2.45, 2.75) is 162 Å². The van der Waals surface area contributed by atoms with Crippen LogP contribution in [-0.2, 0) is 10.2 Å². The smallest absolute Gasteiger partial charge is 0.254 e. The van der Waals surface area contributed by atoms with Gasteiger partial charge in [-0.3, -0.25) is 9.59 Å². The highest BCUT2D eigenvalue weighted by molar-refractivity contribution is 5.94. The van der Waals surface area contributed by atoms with Crippen molar-refractivity contribution < 1.29 is 9.59 Å². The summed E-state index contributed by atoms with van der Waals surface area (Å²) in [5, 5.41) is 0. The zero-order chi connectivity index (χ0) is 31.7. The van der Waals surface area contributed by atoms with Crippen LogP contribution in [0.5, 0.6) is 0 Å². The van der Waals surface area contributed by atoms with Crippen LogP contribution < -0.4 is 0 Å². The van der Waals surface area contributed by atoms with Gasteiger partial charge in [0.25, 0.3) is 5.91 Å². The molecule has 0 N–H and O–H groups in total.